The molecule has 0 aliphatic rings. The Kier molecular flexibility index (Phi) is 2.01. The predicted octanol–water partition coefficient (Wildman–Crippen LogP) is 1.36. The number of nitrogen functional groups attached to an aromatic ring is 1. The summed E-state index contributed by atoms with van der Waals surface area (Å²) in [5.41, 5.74) is 4.24. The fraction of sp³-hybridized carbons (Fsp3) is 0.111. The molecule has 72 valence electrons. The number of rotatable bonds is 1. The average Bonchev–Trinajstić information content (AvgIpc) is 2.17. The largest absolute Gasteiger partial charge is 0.307 e. The van der Waals surface area contributed by atoms with Crippen LogP contribution in [0.25, 0.3) is 11.0 Å². The summed E-state index contributed by atoms with van der Waals surface area (Å²) in [7, 11) is 0. The summed E-state index contributed by atoms with van der Waals surface area (Å²) in [5.74, 6) is 5.36. The van der Waals surface area contributed by atoms with Gasteiger partial charge < -0.3 is 5.43 Å². The van der Waals surface area contributed by atoms with Gasteiger partial charge in [-0.15, -0.1) is 0 Å². The molecule has 4 nitrogen and oxygen atoms in total. The van der Waals surface area contributed by atoms with E-state index < -0.39 is 0 Å². The second-order valence-corrected chi connectivity index (χ2v) is 2.93. The van der Waals surface area contributed by atoms with E-state index in [9.17, 15) is 4.39 Å². The number of fused-ring (bicyclic) bond motifs is 1. The topological polar surface area (TPSA) is 63.8 Å². The third kappa shape index (κ3) is 1.38. The number of hydrazine groups is 1. The maximum atomic E-state index is 12.9. The van der Waals surface area contributed by atoms with Crippen molar-refractivity contribution in [1.29, 1.82) is 0 Å². The van der Waals surface area contributed by atoms with E-state index in [-0.39, 0.29) is 5.82 Å². The Labute approximate surface area is 79.9 Å². The van der Waals surface area contributed by atoms with Gasteiger partial charge in [0.05, 0.1) is 16.7 Å². The molecule has 0 saturated heterocycles. The summed E-state index contributed by atoms with van der Waals surface area (Å²) in [4.78, 5) is 8.33. The molecule has 0 aliphatic heterocycles. The summed E-state index contributed by atoms with van der Waals surface area (Å²) >= 11 is 0. The molecule has 3 N–H and O–H groups in total. The number of halogens is 1. The highest BCUT2D eigenvalue weighted by Gasteiger charge is 2.03. The van der Waals surface area contributed by atoms with E-state index in [4.69, 9.17) is 5.84 Å². The number of aryl methyl sites for hydroxylation is 1. The molecule has 0 unspecified atom stereocenters. The number of anilines is 1. The van der Waals surface area contributed by atoms with Crippen molar-refractivity contribution in [3.8, 4) is 0 Å². The van der Waals surface area contributed by atoms with Crippen molar-refractivity contribution in [1.82, 2.24) is 9.97 Å². The molecular formula is C9H9FN4. The standard InChI is InChI=1S/C9H9FN4/c1-5-9(14-11)13-8-4-6(10)2-3-7(8)12-5/h2-4H,11H2,1H3,(H,13,14). The van der Waals surface area contributed by atoms with E-state index in [0.29, 0.717) is 22.5 Å². The van der Waals surface area contributed by atoms with E-state index in [1.165, 1.54) is 12.1 Å². The van der Waals surface area contributed by atoms with Gasteiger partial charge in [0, 0.05) is 6.07 Å². The zero-order valence-corrected chi connectivity index (χ0v) is 7.58. The second kappa shape index (κ2) is 3.19. The smallest absolute Gasteiger partial charge is 0.162 e. The molecule has 0 bridgehead atoms. The molecule has 0 atom stereocenters. The lowest BCUT2D eigenvalue weighted by Gasteiger charge is -2.04. The van der Waals surface area contributed by atoms with Crippen molar-refractivity contribution in [2.24, 2.45) is 5.84 Å². The number of aromatic nitrogens is 2. The minimum atomic E-state index is -0.335. The van der Waals surface area contributed by atoms with Crippen molar-refractivity contribution in [3.05, 3.63) is 29.7 Å². The van der Waals surface area contributed by atoms with Crippen LogP contribution in [0.15, 0.2) is 18.2 Å². The van der Waals surface area contributed by atoms with Gasteiger partial charge in [-0.1, -0.05) is 0 Å². The summed E-state index contributed by atoms with van der Waals surface area (Å²) in [5, 5.41) is 0. The highest BCUT2D eigenvalue weighted by atomic mass is 19.1. The van der Waals surface area contributed by atoms with Crippen LogP contribution < -0.4 is 11.3 Å². The lowest BCUT2D eigenvalue weighted by atomic mass is 10.3. The summed E-state index contributed by atoms with van der Waals surface area (Å²) < 4.78 is 12.9. The van der Waals surface area contributed by atoms with Gasteiger partial charge in [-0.05, 0) is 19.1 Å². The summed E-state index contributed by atoms with van der Waals surface area (Å²) in [6.45, 7) is 1.78. The maximum Gasteiger partial charge on any atom is 0.162 e. The zero-order chi connectivity index (χ0) is 10.1. The monoisotopic (exact) mass is 192 g/mol. The van der Waals surface area contributed by atoms with E-state index in [0.717, 1.165) is 0 Å². The number of nitrogens with two attached hydrogens (primary N) is 1. The first-order valence-corrected chi connectivity index (χ1v) is 4.11. The van der Waals surface area contributed by atoms with Crippen molar-refractivity contribution < 1.29 is 4.39 Å². The molecule has 1 aromatic heterocycles. The second-order valence-electron chi connectivity index (χ2n) is 2.93. The molecule has 0 spiro atoms. The molecule has 1 heterocycles. The van der Waals surface area contributed by atoms with Gasteiger partial charge in [0.2, 0.25) is 0 Å². The molecule has 1 aromatic carbocycles. The molecule has 5 heteroatoms. The van der Waals surface area contributed by atoms with Crippen LogP contribution in [0.5, 0.6) is 0 Å². The first kappa shape index (κ1) is 8.83. The Bertz CT molecular complexity index is 483. The number of nitrogens with zero attached hydrogens (tertiary/aromatic N) is 2. The van der Waals surface area contributed by atoms with Gasteiger partial charge in [-0.3, -0.25) is 0 Å². The molecule has 0 amide bonds. The Hall–Kier alpha value is -1.75. The first-order chi connectivity index (χ1) is 6.70. The fourth-order valence-electron chi connectivity index (χ4n) is 1.25. The summed E-state index contributed by atoms with van der Waals surface area (Å²) in [6.07, 6.45) is 0. The van der Waals surface area contributed by atoms with E-state index in [1.54, 1.807) is 13.0 Å². The van der Waals surface area contributed by atoms with Crippen molar-refractivity contribution in [2.45, 2.75) is 6.92 Å². The van der Waals surface area contributed by atoms with E-state index in [1.807, 2.05) is 0 Å². The number of hydrogen-bond acceptors (Lipinski definition) is 4. The van der Waals surface area contributed by atoms with Crippen LogP contribution >= 0.6 is 0 Å². The fourth-order valence-corrected chi connectivity index (χ4v) is 1.25. The number of nitrogens with one attached hydrogen (secondary N) is 1. The summed E-state index contributed by atoms with van der Waals surface area (Å²) in [6, 6.07) is 4.26. The Morgan fingerprint density at radius 2 is 2.07 bits per heavy atom. The molecule has 0 aliphatic carbocycles. The van der Waals surface area contributed by atoms with Gasteiger partial charge >= 0.3 is 0 Å². The van der Waals surface area contributed by atoms with Crippen molar-refractivity contribution in [3.63, 3.8) is 0 Å². The van der Waals surface area contributed by atoms with Crippen LogP contribution in [-0.4, -0.2) is 9.97 Å². The molecule has 0 radical (unpaired) electrons. The molecular weight excluding hydrogens is 183 g/mol. The van der Waals surface area contributed by atoms with Crippen LogP contribution in [0.2, 0.25) is 0 Å². The first-order valence-electron chi connectivity index (χ1n) is 4.11. The lowest BCUT2D eigenvalue weighted by molar-refractivity contribution is 0.629. The molecule has 2 rings (SSSR count). The predicted molar refractivity (Wildman–Crippen MR) is 52.0 cm³/mol. The molecule has 0 fully saturated rings. The highest BCUT2D eigenvalue weighted by Crippen LogP contribution is 2.16. The van der Waals surface area contributed by atoms with E-state index >= 15 is 0 Å². The van der Waals surface area contributed by atoms with Crippen LogP contribution in [-0.2, 0) is 0 Å². The number of benzene rings is 1. The number of hydrogen-bond donors (Lipinski definition) is 2. The highest BCUT2D eigenvalue weighted by molar-refractivity contribution is 5.76. The van der Waals surface area contributed by atoms with Gasteiger partial charge in [-0.25, -0.2) is 20.2 Å². The molecule has 14 heavy (non-hydrogen) atoms. The maximum absolute atomic E-state index is 12.9. The lowest BCUT2D eigenvalue weighted by Crippen LogP contribution is -2.11. The Balaban J connectivity index is 2.73. The van der Waals surface area contributed by atoms with Gasteiger partial charge in [-0.2, -0.15) is 0 Å². The van der Waals surface area contributed by atoms with Crippen LogP contribution in [0.4, 0.5) is 10.2 Å². The van der Waals surface area contributed by atoms with Crippen LogP contribution in [0.1, 0.15) is 5.69 Å². The van der Waals surface area contributed by atoms with E-state index in [2.05, 4.69) is 15.4 Å². The third-order valence-electron chi connectivity index (χ3n) is 1.94. The average molecular weight is 192 g/mol. The van der Waals surface area contributed by atoms with Gasteiger partial charge in [0.1, 0.15) is 5.82 Å². The van der Waals surface area contributed by atoms with Crippen LogP contribution in [0, 0.1) is 12.7 Å². The Morgan fingerprint density at radius 3 is 2.79 bits per heavy atom. The van der Waals surface area contributed by atoms with Gasteiger partial charge in [0.25, 0.3) is 0 Å². The SMILES string of the molecule is Cc1nc2ccc(F)cc2nc1NN. The Morgan fingerprint density at radius 1 is 1.29 bits per heavy atom. The third-order valence-corrected chi connectivity index (χ3v) is 1.94. The quantitative estimate of drug-likeness (QED) is 0.529. The minimum Gasteiger partial charge on any atom is -0.307 e. The van der Waals surface area contributed by atoms with Gasteiger partial charge in [0.15, 0.2) is 5.82 Å². The zero-order valence-electron chi connectivity index (χ0n) is 7.58. The van der Waals surface area contributed by atoms with Crippen molar-refractivity contribution >= 4 is 16.9 Å². The van der Waals surface area contributed by atoms with Crippen LogP contribution in [0.3, 0.4) is 0 Å². The minimum absolute atomic E-state index is 0.335. The normalized spacial score (nSPS) is 10.5. The van der Waals surface area contributed by atoms with Crippen molar-refractivity contribution in [2.75, 3.05) is 5.43 Å². The molecule has 0 saturated carbocycles. The molecule has 2 aromatic rings.